The number of carbonyl (C=O) groups excluding carboxylic acids is 1. The van der Waals surface area contributed by atoms with E-state index in [1.807, 2.05) is 11.3 Å². The fourth-order valence-corrected chi connectivity index (χ4v) is 5.67. The van der Waals surface area contributed by atoms with E-state index in [0.717, 1.165) is 37.5 Å². The number of urea groups is 1. The van der Waals surface area contributed by atoms with Gasteiger partial charge in [0.1, 0.15) is 0 Å². The van der Waals surface area contributed by atoms with Crippen LogP contribution in [0.1, 0.15) is 47.2 Å². The fraction of sp³-hybridized carbons (Fsp3) is 0.579. The van der Waals surface area contributed by atoms with E-state index in [4.69, 9.17) is 0 Å². The van der Waals surface area contributed by atoms with Crippen molar-refractivity contribution in [1.29, 1.82) is 0 Å². The summed E-state index contributed by atoms with van der Waals surface area (Å²) in [5.41, 5.74) is 2.64. The van der Waals surface area contributed by atoms with E-state index in [2.05, 4.69) is 38.9 Å². The van der Waals surface area contributed by atoms with Gasteiger partial charge in [0.2, 0.25) is 0 Å². The van der Waals surface area contributed by atoms with Crippen molar-refractivity contribution in [2.75, 3.05) is 18.4 Å². The number of aromatic nitrogens is 1. The predicted molar refractivity (Wildman–Crippen MR) is 108 cm³/mol. The number of thiophene rings is 1. The predicted octanol–water partition coefficient (Wildman–Crippen LogP) is 4.04. The number of carbonyl (C=O) groups is 1. The van der Waals surface area contributed by atoms with Gasteiger partial charge in [0, 0.05) is 35.4 Å². The molecule has 2 N–H and O–H groups in total. The van der Waals surface area contributed by atoms with E-state index >= 15 is 0 Å². The van der Waals surface area contributed by atoms with Crippen molar-refractivity contribution in [2.45, 2.75) is 58.0 Å². The molecule has 0 fully saturated rings. The highest BCUT2D eigenvalue weighted by Crippen LogP contribution is 2.29. The third-order valence-electron chi connectivity index (χ3n) is 5.33. The van der Waals surface area contributed by atoms with Gasteiger partial charge in [-0.1, -0.05) is 6.42 Å². The number of hydrogen-bond acceptors (Lipinski definition) is 5. The molecule has 2 aliphatic rings. The molecule has 0 spiro atoms. The van der Waals surface area contributed by atoms with Crippen LogP contribution in [0.2, 0.25) is 0 Å². The molecular formula is C19H26N4OS2. The van der Waals surface area contributed by atoms with Crippen molar-refractivity contribution in [3.05, 3.63) is 32.5 Å². The summed E-state index contributed by atoms with van der Waals surface area (Å²) in [4.78, 5) is 22.2. The van der Waals surface area contributed by atoms with Crippen LogP contribution in [0.15, 0.2) is 11.4 Å². The highest BCUT2D eigenvalue weighted by Gasteiger charge is 2.22. The number of thiazole rings is 1. The van der Waals surface area contributed by atoms with E-state index in [0.29, 0.717) is 12.6 Å². The maximum Gasteiger partial charge on any atom is 0.321 e. The highest BCUT2D eigenvalue weighted by molar-refractivity contribution is 7.15. The maximum atomic E-state index is 12.3. The van der Waals surface area contributed by atoms with Crippen LogP contribution in [-0.4, -0.2) is 35.0 Å². The first-order valence-electron chi connectivity index (χ1n) is 9.52. The SMILES string of the molecule is CC(CNC(=O)Nc1nc2c(s1)CCCCC2)N1CCc2sccc2C1. The molecule has 2 aromatic heterocycles. The summed E-state index contributed by atoms with van der Waals surface area (Å²) in [6, 6.07) is 2.40. The van der Waals surface area contributed by atoms with Crippen molar-refractivity contribution >= 4 is 33.8 Å². The minimum Gasteiger partial charge on any atom is -0.336 e. The molecule has 4 rings (SSSR count). The normalized spacial score (nSPS) is 18.5. The van der Waals surface area contributed by atoms with E-state index in [9.17, 15) is 4.79 Å². The molecule has 1 atom stereocenters. The zero-order valence-electron chi connectivity index (χ0n) is 15.2. The Balaban J connectivity index is 1.26. The number of nitrogens with one attached hydrogen (secondary N) is 2. The fourth-order valence-electron chi connectivity index (χ4n) is 3.74. The van der Waals surface area contributed by atoms with Crippen molar-refractivity contribution in [3.63, 3.8) is 0 Å². The van der Waals surface area contributed by atoms with Crippen LogP contribution in [0.3, 0.4) is 0 Å². The summed E-state index contributed by atoms with van der Waals surface area (Å²) >= 11 is 3.50. The zero-order chi connectivity index (χ0) is 17.9. The lowest BCUT2D eigenvalue weighted by atomic mass is 10.1. The van der Waals surface area contributed by atoms with E-state index in [-0.39, 0.29) is 6.03 Å². The Bertz CT molecular complexity index is 746. The van der Waals surface area contributed by atoms with Crippen molar-refractivity contribution in [3.8, 4) is 0 Å². The second-order valence-corrected chi connectivity index (χ2v) is 9.31. The van der Waals surface area contributed by atoms with Gasteiger partial charge in [-0.3, -0.25) is 10.2 Å². The smallest absolute Gasteiger partial charge is 0.321 e. The van der Waals surface area contributed by atoms with E-state index < -0.39 is 0 Å². The van der Waals surface area contributed by atoms with Gasteiger partial charge in [-0.2, -0.15) is 0 Å². The number of amides is 2. The number of aryl methyl sites for hydroxylation is 2. The minimum absolute atomic E-state index is 0.144. The monoisotopic (exact) mass is 390 g/mol. The Morgan fingerprint density at radius 2 is 2.15 bits per heavy atom. The first-order valence-corrected chi connectivity index (χ1v) is 11.2. The van der Waals surface area contributed by atoms with E-state index in [1.165, 1.54) is 40.3 Å². The average molecular weight is 391 g/mol. The first-order chi connectivity index (χ1) is 12.7. The molecular weight excluding hydrogens is 364 g/mol. The molecule has 3 heterocycles. The number of hydrogen-bond donors (Lipinski definition) is 2. The quantitative estimate of drug-likeness (QED) is 0.775. The van der Waals surface area contributed by atoms with Gasteiger partial charge in [-0.05, 0) is 56.0 Å². The molecule has 0 saturated carbocycles. The van der Waals surface area contributed by atoms with Gasteiger partial charge < -0.3 is 5.32 Å². The number of fused-ring (bicyclic) bond motifs is 2. The molecule has 0 bridgehead atoms. The molecule has 140 valence electrons. The largest absolute Gasteiger partial charge is 0.336 e. The minimum atomic E-state index is -0.144. The van der Waals surface area contributed by atoms with Crippen LogP contribution < -0.4 is 10.6 Å². The van der Waals surface area contributed by atoms with Crippen molar-refractivity contribution in [1.82, 2.24) is 15.2 Å². The Hall–Kier alpha value is -1.44. The van der Waals surface area contributed by atoms with Gasteiger partial charge in [0.25, 0.3) is 0 Å². The topological polar surface area (TPSA) is 57.3 Å². The van der Waals surface area contributed by atoms with Crippen LogP contribution in [0, 0.1) is 0 Å². The molecule has 26 heavy (non-hydrogen) atoms. The third-order valence-corrected chi connectivity index (χ3v) is 7.43. The third kappa shape index (κ3) is 4.10. The second-order valence-electron chi connectivity index (χ2n) is 7.22. The number of nitrogens with zero attached hydrogens (tertiary/aromatic N) is 2. The van der Waals surface area contributed by atoms with Crippen LogP contribution >= 0.6 is 22.7 Å². The summed E-state index contributed by atoms with van der Waals surface area (Å²) in [5.74, 6) is 0. The Morgan fingerprint density at radius 1 is 1.27 bits per heavy atom. The molecule has 0 saturated heterocycles. The lowest BCUT2D eigenvalue weighted by molar-refractivity contribution is 0.188. The van der Waals surface area contributed by atoms with Gasteiger partial charge in [-0.15, -0.1) is 22.7 Å². The highest BCUT2D eigenvalue weighted by atomic mass is 32.1. The summed E-state index contributed by atoms with van der Waals surface area (Å²) in [7, 11) is 0. The van der Waals surface area contributed by atoms with Gasteiger partial charge in [0.15, 0.2) is 5.13 Å². The maximum absolute atomic E-state index is 12.3. The molecule has 7 heteroatoms. The average Bonchev–Trinajstić information content (AvgIpc) is 3.20. The summed E-state index contributed by atoms with van der Waals surface area (Å²) in [5, 5.41) is 8.87. The molecule has 2 aromatic rings. The molecule has 1 aliphatic carbocycles. The standard InChI is InChI=1S/C19H26N4OS2/c1-13(23-9-7-16-14(12-23)8-10-25-16)11-20-18(24)22-19-21-15-5-3-2-4-6-17(15)26-19/h8,10,13H,2-7,9,11-12H2,1H3,(H2,20,21,22,24). The molecule has 5 nitrogen and oxygen atoms in total. The Kier molecular flexibility index (Phi) is 5.57. The molecule has 2 amide bonds. The lowest BCUT2D eigenvalue weighted by Gasteiger charge is -2.32. The summed E-state index contributed by atoms with van der Waals surface area (Å²) in [6.45, 7) is 4.89. The first kappa shape index (κ1) is 17.9. The molecule has 1 unspecified atom stereocenters. The van der Waals surface area contributed by atoms with Crippen molar-refractivity contribution < 1.29 is 4.79 Å². The molecule has 0 radical (unpaired) electrons. The Labute approximate surface area is 162 Å². The van der Waals surface area contributed by atoms with Gasteiger partial charge >= 0.3 is 6.03 Å². The Morgan fingerprint density at radius 3 is 3.08 bits per heavy atom. The van der Waals surface area contributed by atoms with Crippen LogP contribution in [0.4, 0.5) is 9.93 Å². The summed E-state index contributed by atoms with van der Waals surface area (Å²) < 4.78 is 0. The van der Waals surface area contributed by atoms with Crippen LogP contribution in [0.25, 0.3) is 0 Å². The molecule has 1 aliphatic heterocycles. The molecule has 0 aromatic carbocycles. The lowest BCUT2D eigenvalue weighted by Crippen LogP contribution is -2.45. The van der Waals surface area contributed by atoms with Gasteiger partial charge in [-0.25, -0.2) is 9.78 Å². The zero-order valence-corrected chi connectivity index (χ0v) is 16.8. The van der Waals surface area contributed by atoms with Crippen LogP contribution in [-0.2, 0) is 25.8 Å². The van der Waals surface area contributed by atoms with E-state index in [1.54, 1.807) is 11.3 Å². The number of rotatable bonds is 4. The summed E-state index contributed by atoms with van der Waals surface area (Å²) in [6.07, 6.45) is 7.00. The van der Waals surface area contributed by atoms with Gasteiger partial charge in [0.05, 0.1) is 5.69 Å². The second kappa shape index (κ2) is 8.06. The van der Waals surface area contributed by atoms with Crippen molar-refractivity contribution in [2.24, 2.45) is 0 Å². The van der Waals surface area contributed by atoms with Crippen LogP contribution in [0.5, 0.6) is 0 Å². The number of anilines is 1.